The molecule has 2 aromatic carbocycles. The van der Waals surface area contributed by atoms with Crippen molar-refractivity contribution in [2.24, 2.45) is 0 Å². The summed E-state index contributed by atoms with van der Waals surface area (Å²) in [5.74, 6) is 0.230. The molecule has 0 aromatic heterocycles. The highest BCUT2D eigenvalue weighted by Crippen LogP contribution is 2.36. The lowest BCUT2D eigenvalue weighted by Crippen LogP contribution is -2.53. The molecule has 34 heavy (non-hydrogen) atoms. The average Bonchev–Trinajstić information content (AvgIpc) is 2.86. The minimum atomic E-state index is -3.75. The van der Waals surface area contributed by atoms with Crippen LogP contribution in [0.3, 0.4) is 0 Å². The molecule has 1 aliphatic rings. The fourth-order valence-electron chi connectivity index (χ4n) is 4.13. The van der Waals surface area contributed by atoms with E-state index in [1.807, 2.05) is 30.3 Å². The van der Waals surface area contributed by atoms with Crippen molar-refractivity contribution in [2.75, 3.05) is 39.8 Å². The predicted octanol–water partition coefficient (Wildman–Crippen LogP) is 1.56. The Balaban J connectivity index is 1.70. The molecule has 1 fully saturated rings. The molecule has 1 saturated heterocycles. The third kappa shape index (κ3) is 6.25. The van der Waals surface area contributed by atoms with Crippen LogP contribution in [-0.4, -0.2) is 69.7 Å². The van der Waals surface area contributed by atoms with E-state index in [9.17, 15) is 18.0 Å². The van der Waals surface area contributed by atoms with E-state index in [4.69, 9.17) is 9.84 Å². The van der Waals surface area contributed by atoms with Gasteiger partial charge in [-0.3, -0.25) is 4.79 Å². The number of methoxy groups -OCH3 is 1. The Morgan fingerprint density at radius 1 is 1.00 bits per heavy atom. The maximum absolute atomic E-state index is 12.9. The van der Waals surface area contributed by atoms with Crippen LogP contribution in [0.5, 0.6) is 5.75 Å². The Bertz CT molecular complexity index is 1090. The van der Waals surface area contributed by atoms with Crippen LogP contribution < -0.4 is 20.1 Å². The Labute approximate surface area is 199 Å². The maximum atomic E-state index is 12.9. The van der Waals surface area contributed by atoms with Crippen molar-refractivity contribution in [3.63, 3.8) is 0 Å². The third-order valence-electron chi connectivity index (χ3n) is 6.03. The molecule has 0 radical (unpaired) electrons. The molecule has 2 amide bonds. The number of rotatable bonds is 10. The molecule has 1 heterocycles. The Morgan fingerprint density at radius 3 is 2.29 bits per heavy atom. The van der Waals surface area contributed by atoms with Crippen molar-refractivity contribution in [3.05, 3.63) is 65.7 Å². The van der Waals surface area contributed by atoms with Gasteiger partial charge in [-0.1, -0.05) is 42.5 Å². The van der Waals surface area contributed by atoms with Gasteiger partial charge in [-0.2, -0.15) is 12.7 Å². The Morgan fingerprint density at radius 2 is 1.65 bits per heavy atom. The van der Waals surface area contributed by atoms with Gasteiger partial charge in [0, 0.05) is 38.1 Å². The first-order valence-electron chi connectivity index (χ1n) is 11.0. The largest absolute Gasteiger partial charge is 0.496 e. The fourth-order valence-corrected chi connectivity index (χ4v) is 5.34. The second-order valence-electron chi connectivity index (χ2n) is 8.06. The molecule has 0 bridgehead atoms. The molecule has 3 rings (SSSR count). The SMILES string of the molecule is COc1ccccc1C(=O)NCC1(c2ccccc2)CCN(S(=O)(=O)NCCNC(=O)O)CC1. The topological polar surface area (TPSA) is 137 Å². The van der Waals surface area contributed by atoms with Crippen molar-refractivity contribution < 1.29 is 27.9 Å². The highest BCUT2D eigenvalue weighted by Gasteiger charge is 2.39. The van der Waals surface area contributed by atoms with Crippen LogP contribution >= 0.6 is 0 Å². The number of carbonyl (C=O) groups is 2. The second kappa shape index (κ2) is 11.3. The van der Waals surface area contributed by atoms with Crippen molar-refractivity contribution in [2.45, 2.75) is 18.3 Å². The quantitative estimate of drug-likeness (QED) is 0.373. The summed E-state index contributed by atoms with van der Waals surface area (Å²) in [6, 6.07) is 16.8. The van der Waals surface area contributed by atoms with Crippen LogP contribution in [0.25, 0.3) is 0 Å². The number of hydrogen-bond donors (Lipinski definition) is 4. The fraction of sp³-hybridized carbons (Fsp3) is 0.391. The van der Waals surface area contributed by atoms with Crippen molar-refractivity contribution in [1.82, 2.24) is 19.7 Å². The van der Waals surface area contributed by atoms with Crippen LogP contribution in [0.4, 0.5) is 4.79 Å². The summed E-state index contributed by atoms with van der Waals surface area (Å²) < 4.78 is 34.4. The summed E-state index contributed by atoms with van der Waals surface area (Å²) in [5, 5.41) is 13.8. The minimum Gasteiger partial charge on any atom is -0.496 e. The summed E-state index contributed by atoms with van der Waals surface area (Å²) in [7, 11) is -2.24. The van der Waals surface area contributed by atoms with E-state index in [1.165, 1.54) is 11.4 Å². The number of carbonyl (C=O) groups excluding carboxylic acids is 1. The lowest BCUT2D eigenvalue weighted by atomic mass is 9.73. The number of benzene rings is 2. The van der Waals surface area contributed by atoms with Gasteiger partial charge in [-0.15, -0.1) is 0 Å². The highest BCUT2D eigenvalue weighted by molar-refractivity contribution is 7.87. The number of piperidine rings is 1. The predicted molar refractivity (Wildman–Crippen MR) is 127 cm³/mol. The molecule has 0 aliphatic carbocycles. The molecule has 4 N–H and O–H groups in total. The van der Waals surface area contributed by atoms with Crippen molar-refractivity contribution in [1.29, 1.82) is 0 Å². The van der Waals surface area contributed by atoms with Gasteiger partial charge in [-0.25, -0.2) is 9.52 Å². The Hall–Kier alpha value is -3.15. The van der Waals surface area contributed by atoms with Gasteiger partial charge in [0.2, 0.25) is 0 Å². The normalized spacial score (nSPS) is 15.9. The zero-order chi connectivity index (χ0) is 24.6. The lowest BCUT2D eigenvalue weighted by Gasteiger charge is -2.41. The number of nitrogens with one attached hydrogen (secondary N) is 3. The monoisotopic (exact) mass is 490 g/mol. The van der Waals surface area contributed by atoms with Gasteiger partial charge in [0.15, 0.2) is 0 Å². The van der Waals surface area contributed by atoms with E-state index in [-0.39, 0.29) is 32.1 Å². The number of hydrogen-bond acceptors (Lipinski definition) is 5. The molecule has 0 atom stereocenters. The van der Waals surface area contributed by atoms with Crippen LogP contribution in [-0.2, 0) is 15.6 Å². The summed E-state index contributed by atoms with van der Waals surface area (Å²) in [4.78, 5) is 23.4. The standard InChI is InChI=1S/C23H30N4O6S/c1-33-20-10-6-5-9-19(20)21(28)25-17-23(18-7-3-2-4-8-18)11-15-27(16-12-23)34(31,32)26-14-13-24-22(29)30/h2-10,24,26H,11-17H2,1H3,(H,25,28)(H,29,30). The smallest absolute Gasteiger partial charge is 0.404 e. The van der Waals surface area contributed by atoms with Crippen LogP contribution in [0.2, 0.25) is 0 Å². The number of ether oxygens (including phenoxy) is 1. The minimum absolute atomic E-state index is 0.0225. The number of nitrogens with zero attached hydrogens (tertiary/aromatic N) is 1. The van der Waals surface area contributed by atoms with Crippen molar-refractivity contribution in [3.8, 4) is 5.75 Å². The summed E-state index contributed by atoms with van der Waals surface area (Å²) >= 11 is 0. The molecule has 184 valence electrons. The molecule has 2 aromatic rings. The summed E-state index contributed by atoms with van der Waals surface area (Å²) in [6.07, 6.45) is -0.186. The number of carboxylic acid groups (broad SMARTS) is 1. The molecule has 0 spiro atoms. The average molecular weight is 491 g/mol. The molecule has 0 saturated carbocycles. The second-order valence-corrected chi connectivity index (χ2v) is 9.81. The first-order valence-corrected chi connectivity index (χ1v) is 12.4. The third-order valence-corrected chi connectivity index (χ3v) is 7.64. The zero-order valence-corrected chi connectivity index (χ0v) is 19.8. The first kappa shape index (κ1) is 25.5. The van der Waals surface area contributed by atoms with Gasteiger partial charge in [0.25, 0.3) is 16.1 Å². The zero-order valence-electron chi connectivity index (χ0n) is 19.0. The molecule has 11 heteroatoms. The van der Waals surface area contributed by atoms with E-state index in [2.05, 4.69) is 15.4 Å². The number of amides is 2. The van der Waals surface area contributed by atoms with Gasteiger partial charge in [0.05, 0.1) is 12.7 Å². The van der Waals surface area contributed by atoms with E-state index in [0.29, 0.717) is 30.7 Å². The van der Waals surface area contributed by atoms with Crippen molar-refractivity contribution >= 4 is 22.2 Å². The maximum Gasteiger partial charge on any atom is 0.404 e. The van der Waals surface area contributed by atoms with Crippen LogP contribution in [0, 0.1) is 0 Å². The van der Waals surface area contributed by atoms with Gasteiger partial charge in [-0.05, 0) is 30.5 Å². The molecule has 0 unspecified atom stereocenters. The molecule has 1 aliphatic heterocycles. The van der Waals surface area contributed by atoms with E-state index < -0.39 is 21.7 Å². The summed E-state index contributed by atoms with van der Waals surface area (Å²) in [5.41, 5.74) is 1.04. The van der Waals surface area contributed by atoms with E-state index >= 15 is 0 Å². The summed E-state index contributed by atoms with van der Waals surface area (Å²) in [6.45, 7) is 0.815. The molecular formula is C23H30N4O6S. The first-order chi connectivity index (χ1) is 16.3. The lowest BCUT2D eigenvalue weighted by molar-refractivity contribution is 0.0929. The van der Waals surface area contributed by atoms with Gasteiger partial charge >= 0.3 is 6.09 Å². The highest BCUT2D eigenvalue weighted by atomic mass is 32.2. The Kier molecular flexibility index (Phi) is 8.48. The molecule has 10 nitrogen and oxygen atoms in total. The molecular weight excluding hydrogens is 460 g/mol. The van der Waals surface area contributed by atoms with E-state index in [1.54, 1.807) is 24.3 Å². The van der Waals surface area contributed by atoms with Crippen LogP contribution in [0.15, 0.2) is 54.6 Å². The number of para-hydroxylation sites is 1. The van der Waals surface area contributed by atoms with Crippen LogP contribution in [0.1, 0.15) is 28.8 Å². The van der Waals surface area contributed by atoms with Gasteiger partial charge in [0.1, 0.15) is 5.75 Å². The van der Waals surface area contributed by atoms with Gasteiger partial charge < -0.3 is 20.5 Å². The van der Waals surface area contributed by atoms with E-state index in [0.717, 1.165) is 5.56 Å².